The van der Waals surface area contributed by atoms with Crippen molar-refractivity contribution in [1.29, 1.82) is 0 Å². The van der Waals surface area contributed by atoms with Crippen LogP contribution in [0.5, 0.6) is 0 Å². The number of halogens is 1. The maximum atomic E-state index is 13.5. The molecule has 4 nitrogen and oxygen atoms in total. The van der Waals surface area contributed by atoms with Crippen molar-refractivity contribution in [1.82, 2.24) is 4.72 Å². The molecule has 92 valence electrons. The molecule has 2 N–H and O–H groups in total. The van der Waals surface area contributed by atoms with Crippen LogP contribution >= 0.6 is 0 Å². The topological polar surface area (TPSA) is 66.4 Å². The highest BCUT2D eigenvalue weighted by Gasteiger charge is 2.17. The third-order valence-electron chi connectivity index (χ3n) is 1.87. The predicted molar refractivity (Wildman–Crippen MR) is 61.2 cm³/mol. The van der Waals surface area contributed by atoms with Gasteiger partial charge in [0.25, 0.3) is 0 Å². The van der Waals surface area contributed by atoms with Gasteiger partial charge in [-0.1, -0.05) is 18.8 Å². The molecule has 0 unspecified atom stereocenters. The van der Waals surface area contributed by atoms with Crippen molar-refractivity contribution in [3.8, 4) is 11.8 Å². The first-order valence-corrected chi connectivity index (χ1v) is 6.38. The van der Waals surface area contributed by atoms with Gasteiger partial charge in [0.1, 0.15) is 17.3 Å². The summed E-state index contributed by atoms with van der Waals surface area (Å²) in [6.45, 7) is 1.46. The van der Waals surface area contributed by atoms with Crippen molar-refractivity contribution < 1.29 is 17.9 Å². The molecule has 0 aromatic heterocycles. The molecular formula is C11H12FNO3S. The van der Waals surface area contributed by atoms with Crippen molar-refractivity contribution >= 4 is 10.0 Å². The van der Waals surface area contributed by atoms with Crippen LogP contribution in [0, 0.1) is 17.7 Å². The number of benzene rings is 1. The molecule has 0 saturated heterocycles. The highest BCUT2D eigenvalue weighted by atomic mass is 32.2. The fraction of sp³-hybridized carbons (Fsp3) is 0.273. The van der Waals surface area contributed by atoms with Crippen LogP contribution in [0.25, 0.3) is 0 Å². The number of nitrogens with one attached hydrogen (secondary N) is 1. The zero-order valence-corrected chi connectivity index (χ0v) is 10.0. The average molecular weight is 257 g/mol. The maximum Gasteiger partial charge on any atom is 0.243 e. The zero-order valence-electron chi connectivity index (χ0n) is 9.20. The molecule has 0 heterocycles. The van der Waals surface area contributed by atoms with Crippen LogP contribution in [0.1, 0.15) is 12.5 Å². The van der Waals surface area contributed by atoms with E-state index in [2.05, 4.69) is 16.6 Å². The number of aliphatic hydroxyl groups is 1. The number of aliphatic hydroxyl groups excluding tert-OH is 1. The molecule has 1 rings (SSSR count). The Morgan fingerprint density at radius 3 is 2.71 bits per heavy atom. The van der Waals surface area contributed by atoms with Gasteiger partial charge in [-0.05, 0) is 18.2 Å². The first-order valence-electron chi connectivity index (χ1n) is 4.90. The lowest BCUT2D eigenvalue weighted by molar-refractivity contribution is 0.350. The van der Waals surface area contributed by atoms with E-state index in [1.807, 2.05) is 0 Å². The SMILES string of the molecule is CCNS(=O)(=O)c1ccc(C#CCO)cc1F. The summed E-state index contributed by atoms with van der Waals surface area (Å²) in [6, 6.07) is 3.55. The summed E-state index contributed by atoms with van der Waals surface area (Å²) in [5.41, 5.74) is 0.312. The highest BCUT2D eigenvalue weighted by Crippen LogP contribution is 2.15. The molecule has 1 aromatic carbocycles. The van der Waals surface area contributed by atoms with Crippen LogP contribution < -0.4 is 4.72 Å². The Hall–Kier alpha value is -1.42. The van der Waals surface area contributed by atoms with Gasteiger partial charge < -0.3 is 5.11 Å². The lowest BCUT2D eigenvalue weighted by Crippen LogP contribution is -2.24. The maximum absolute atomic E-state index is 13.5. The van der Waals surface area contributed by atoms with Crippen molar-refractivity contribution in [3.05, 3.63) is 29.6 Å². The summed E-state index contributed by atoms with van der Waals surface area (Å²) in [5.74, 6) is 3.97. The van der Waals surface area contributed by atoms with E-state index in [1.165, 1.54) is 6.07 Å². The molecule has 6 heteroatoms. The van der Waals surface area contributed by atoms with E-state index < -0.39 is 20.7 Å². The third kappa shape index (κ3) is 3.53. The molecule has 1 aromatic rings. The average Bonchev–Trinajstić information content (AvgIpc) is 2.26. The van der Waals surface area contributed by atoms with Gasteiger partial charge in [-0.15, -0.1) is 0 Å². The third-order valence-corrected chi connectivity index (χ3v) is 3.45. The van der Waals surface area contributed by atoms with Gasteiger partial charge in [-0.3, -0.25) is 0 Å². The summed E-state index contributed by atoms with van der Waals surface area (Å²) in [4.78, 5) is -0.408. The first-order chi connectivity index (χ1) is 8.01. The minimum Gasteiger partial charge on any atom is -0.384 e. The van der Waals surface area contributed by atoms with Gasteiger partial charge in [0.05, 0.1) is 0 Å². The van der Waals surface area contributed by atoms with Gasteiger partial charge in [0.2, 0.25) is 10.0 Å². The summed E-state index contributed by atoms with van der Waals surface area (Å²) in [5, 5.41) is 8.48. The van der Waals surface area contributed by atoms with E-state index >= 15 is 0 Å². The highest BCUT2D eigenvalue weighted by molar-refractivity contribution is 7.89. The Bertz CT molecular complexity index is 558. The Labute approximate surface area is 99.5 Å². The molecule has 0 spiro atoms. The van der Waals surface area contributed by atoms with Crippen LogP contribution in [0.3, 0.4) is 0 Å². The lowest BCUT2D eigenvalue weighted by atomic mass is 10.2. The molecular weight excluding hydrogens is 245 g/mol. The quantitative estimate of drug-likeness (QED) is 0.773. The van der Waals surface area contributed by atoms with Crippen molar-refractivity contribution in [2.75, 3.05) is 13.2 Å². The van der Waals surface area contributed by atoms with Gasteiger partial charge >= 0.3 is 0 Å². The second-order valence-electron chi connectivity index (χ2n) is 3.11. The minimum atomic E-state index is -3.80. The van der Waals surface area contributed by atoms with E-state index in [4.69, 9.17) is 5.11 Å². The normalized spacial score (nSPS) is 10.8. The standard InChI is InChI=1S/C11H12FNO3S/c1-2-13-17(15,16)11-6-5-9(4-3-7-14)8-10(11)12/h5-6,8,13-14H,2,7H2,1H3. The van der Waals surface area contributed by atoms with Crippen molar-refractivity contribution in [2.45, 2.75) is 11.8 Å². The van der Waals surface area contributed by atoms with Gasteiger partial charge in [-0.2, -0.15) is 0 Å². The molecule has 0 atom stereocenters. The Kier molecular flexibility index (Phi) is 4.63. The summed E-state index contributed by atoms with van der Waals surface area (Å²) in [7, 11) is -3.80. The first kappa shape index (κ1) is 13.6. The Morgan fingerprint density at radius 2 is 2.18 bits per heavy atom. The Morgan fingerprint density at radius 1 is 1.47 bits per heavy atom. The molecule has 0 aliphatic rings. The second-order valence-corrected chi connectivity index (χ2v) is 4.84. The van der Waals surface area contributed by atoms with E-state index in [0.717, 1.165) is 12.1 Å². The molecule has 0 radical (unpaired) electrons. The van der Waals surface area contributed by atoms with Gasteiger partial charge in [0, 0.05) is 12.1 Å². The van der Waals surface area contributed by atoms with Crippen LogP contribution in [-0.2, 0) is 10.0 Å². The van der Waals surface area contributed by atoms with Crippen LogP contribution in [0.4, 0.5) is 4.39 Å². The van der Waals surface area contributed by atoms with Crippen LogP contribution in [-0.4, -0.2) is 26.7 Å². The van der Waals surface area contributed by atoms with Crippen LogP contribution in [0.2, 0.25) is 0 Å². The Balaban J connectivity index is 3.14. The molecule has 0 saturated carbocycles. The predicted octanol–water partition coefficient (Wildman–Crippen LogP) is 0.468. The van der Waals surface area contributed by atoms with Crippen molar-refractivity contribution in [2.24, 2.45) is 0 Å². The molecule has 0 aliphatic carbocycles. The smallest absolute Gasteiger partial charge is 0.243 e. The monoisotopic (exact) mass is 257 g/mol. The summed E-state index contributed by atoms with van der Waals surface area (Å²) in [6.07, 6.45) is 0. The zero-order chi connectivity index (χ0) is 12.9. The fourth-order valence-electron chi connectivity index (χ4n) is 1.21. The molecule has 17 heavy (non-hydrogen) atoms. The van der Waals surface area contributed by atoms with E-state index in [9.17, 15) is 12.8 Å². The number of hydrogen-bond donors (Lipinski definition) is 2. The summed E-state index contributed by atoms with van der Waals surface area (Å²) >= 11 is 0. The lowest BCUT2D eigenvalue weighted by Gasteiger charge is -2.05. The van der Waals surface area contributed by atoms with Crippen molar-refractivity contribution in [3.63, 3.8) is 0 Å². The van der Waals surface area contributed by atoms with Crippen LogP contribution in [0.15, 0.2) is 23.1 Å². The van der Waals surface area contributed by atoms with E-state index in [0.29, 0.717) is 5.56 Å². The largest absolute Gasteiger partial charge is 0.384 e. The van der Waals surface area contributed by atoms with Gasteiger partial charge in [-0.25, -0.2) is 17.5 Å². The van der Waals surface area contributed by atoms with E-state index in [-0.39, 0.29) is 13.2 Å². The second kappa shape index (κ2) is 5.77. The molecule has 0 fully saturated rings. The number of sulfonamides is 1. The van der Waals surface area contributed by atoms with E-state index in [1.54, 1.807) is 6.92 Å². The number of rotatable bonds is 3. The van der Waals surface area contributed by atoms with Gasteiger partial charge in [0.15, 0.2) is 0 Å². The fourth-order valence-corrected chi connectivity index (χ4v) is 2.30. The summed E-state index contributed by atoms with van der Waals surface area (Å²) < 4.78 is 38.8. The minimum absolute atomic E-state index is 0.188. The molecule has 0 aliphatic heterocycles. The molecule has 0 bridgehead atoms. The number of hydrogen-bond acceptors (Lipinski definition) is 3. The molecule has 0 amide bonds.